The number of halogens is 1. The minimum atomic E-state index is -0.476. The number of rotatable bonds is 9. The van der Waals surface area contributed by atoms with E-state index < -0.39 is 5.91 Å². The molecule has 0 bridgehead atoms. The van der Waals surface area contributed by atoms with E-state index in [2.05, 4.69) is 9.89 Å². The summed E-state index contributed by atoms with van der Waals surface area (Å²) in [5.41, 5.74) is 7.44. The van der Waals surface area contributed by atoms with Crippen molar-refractivity contribution >= 4 is 23.7 Å². The van der Waals surface area contributed by atoms with Crippen molar-refractivity contribution in [3.05, 3.63) is 58.1 Å². The lowest BCUT2D eigenvalue weighted by atomic mass is 10.1. The fourth-order valence-corrected chi connectivity index (χ4v) is 3.75. The second-order valence-electron chi connectivity index (χ2n) is 7.32. The molecule has 0 radical (unpaired) electrons. The van der Waals surface area contributed by atoms with E-state index in [1.807, 2.05) is 24.4 Å². The van der Waals surface area contributed by atoms with Crippen LogP contribution in [0.4, 0.5) is 0 Å². The number of carbonyl (C=O) groups excluding carboxylic acids is 1. The van der Waals surface area contributed by atoms with Gasteiger partial charge in [-0.15, -0.1) is 0 Å². The predicted molar refractivity (Wildman–Crippen MR) is 120 cm³/mol. The fraction of sp³-hybridized carbons (Fsp3) is 0.391. The molecule has 2 aromatic carbocycles. The van der Waals surface area contributed by atoms with Crippen molar-refractivity contribution in [3.63, 3.8) is 0 Å². The number of methoxy groups -OCH3 is 1. The molecule has 0 unspecified atom stereocenters. The third-order valence-electron chi connectivity index (χ3n) is 5.08. The van der Waals surface area contributed by atoms with Gasteiger partial charge in [-0.05, 0) is 61.3 Å². The van der Waals surface area contributed by atoms with Gasteiger partial charge < -0.3 is 20.1 Å². The number of primary amides is 1. The molecule has 7 heteroatoms. The molecule has 1 heterocycles. The Morgan fingerprint density at radius 2 is 2.03 bits per heavy atom. The second kappa shape index (κ2) is 11.0. The van der Waals surface area contributed by atoms with Crippen molar-refractivity contribution in [2.75, 3.05) is 33.3 Å². The Morgan fingerprint density at radius 3 is 2.77 bits per heavy atom. The quantitative estimate of drug-likeness (QED) is 0.612. The highest BCUT2D eigenvalue weighted by Gasteiger charge is 2.13. The van der Waals surface area contributed by atoms with Crippen molar-refractivity contribution in [2.24, 2.45) is 10.7 Å². The van der Waals surface area contributed by atoms with Crippen LogP contribution in [0.3, 0.4) is 0 Å². The lowest BCUT2D eigenvalue weighted by molar-refractivity contribution is 0.1000. The summed E-state index contributed by atoms with van der Waals surface area (Å²) in [5.74, 6) is 0.511. The summed E-state index contributed by atoms with van der Waals surface area (Å²) in [6.45, 7) is 4.31. The maximum atomic E-state index is 11.3. The Balaban J connectivity index is 1.62. The highest BCUT2D eigenvalue weighted by Crippen LogP contribution is 2.36. The van der Waals surface area contributed by atoms with Gasteiger partial charge in [-0.25, -0.2) is 0 Å². The maximum absolute atomic E-state index is 11.3. The van der Waals surface area contributed by atoms with Gasteiger partial charge in [-0.2, -0.15) is 0 Å². The number of nitrogens with zero attached hydrogens (tertiary/aromatic N) is 2. The van der Waals surface area contributed by atoms with Crippen molar-refractivity contribution in [2.45, 2.75) is 25.9 Å². The summed E-state index contributed by atoms with van der Waals surface area (Å²) < 4.78 is 11.3. The van der Waals surface area contributed by atoms with Crippen molar-refractivity contribution in [1.82, 2.24) is 4.90 Å². The van der Waals surface area contributed by atoms with E-state index in [-0.39, 0.29) is 6.61 Å². The fourth-order valence-electron chi connectivity index (χ4n) is 3.48. The Morgan fingerprint density at radius 1 is 1.23 bits per heavy atom. The van der Waals surface area contributed by atoms with E-state index in [9.17, 15) is 4.79 Å². The third kappa shape index (κ3) is 6.21. The molecule has 0 atom stereocenters. The first-order valence-corrected chi connectivity index (χ1v) is 10.6. The first kappa shape index (κ1) is 22.1. The third-order valence-corrected chi connectivity index (χ3v) is 5.36. The second-order valence-corrected chi connectivity index (χ2v) is 7.73. The maximum Gasteiger partial charge on any atom is 0.248 e. The number of aliphatic imine (C=N–C) groups is 1. The van der Waals surface area contributed by atoms with Crippen LogP contribution in [-0.2, 0) is 6.61 Å². The van der Waals surface area contributed by atoms with Crippen LogP contribution in [0.25, 0.3) is 0 Å². The average Bonchev–Trinajstić information content (AvgIpc) is 2.76. The zero-order chi connectivity index (χ0) is 21.3. The number of amides is 1. The monoisotopic (exact) mass is 429 g/mol. The van der Waals surface area contributed by atoms with Crippen LogP contribution in [0.5, 0.6) is 11.5 Å². The molecular weight excluding hydrogens is 402 g/mol. The summed E-state index contributed by atoms with van der Waals surface area (Å²) >= 11 is 6.45. The Hall–Kier alpha value is -2.57. The standard InChI is InChI=1S/C23H28ClN3O3/c1-29-21-14-18(15-26-8-11-27-9-3-2-4-10-27)13-20(24)22(21)30-16-17-6-5-7-19(12-17)23(25)28/h5-7,12-15H,2-4,8-11,16H2,1H3,(H2,25,28)/b26-15+. The Labute approximate surface area is 182 Å². The summed E-state index contributed by atoms with van der Waals surface area (Å²) in [7, 11) is 1.57. The minimum absolute atomic E-state index is 0.237. The van der Waals surface area contributed by atoms with Gasteiger partial charge in [0.05, 0.1) is 18.7 Å². The number of hydrogen-bond donors (Lipinski definition) is 1. The molecule has 160 valence electrons. The van der Waals surface area contributed by atoms with Crippen LogP contribution in [0.1, 0.15) is 40.7 Å². The topological polar surface area (TPSA) is 77.2 Å². The zero-order valence-corrected chi connectivity index (χ0v) is 18.0. The number of ether oxygens (including phenoxy) is 2. The molecule has 1 aliphatic heterocycles. The molecule has 1 amide bonds. The minimum Gasteiger partial charge on any atom is -0.493 e. The summed E-state index contributed by atoms with van der Waals surface area (Å²) in [5, 5.41) is 0.442. The van der Waals surface area contributed by atoms with Crippen molar-refractivity contribution < 1.29 is 14.3 Å². The smallest absolute Gasteiger partial charge is 0.248 e. The molecule has 6 nitrogen and oxygen atoms in total. The normalized spacial score (nSPS) is 14.7. The summed E-state index contributed by atoms with van der Waals surface area (Å²) in [4.78, 5) is 18.3. The van der Waals surface area contributed by atoms with Gasteiger partial charge in [0.2, 0.25) is 5.91 Å². The van der Waals surface area contributed by atoms with Gasteiger partial charge in [0.15, 0.2) is 11.5 Å². The Kier molecular flexibility index (Phi) is 8.11. The molecular formula is C23H28ClN3O3. The van der Waals surface area contributed by atoms with Crippen LogP contribution in [0.15, 0.2) is 41.4 Å². The molecule has 2 N–H and O–H groups in total. The molecule has 3 rings (SSSR count). The SMILES string of the molecule is COc1cc(/C=N/CCN2CCCCC2)cc(Cl)c1OCc1cccc(C(N)=O)c1. The molecule has 30 heavy (non-hydrogen) atoms. The van der Waals surface area contributed by atoms with E-state index in [1.54, 1.807) is 25.3 Å². The molecule has 0 aliphatic carbocycles. The predicted octanol–water partition coefficient (Wildman–Crippen LogP) is 3.93. The van der Waals surface area contributed by atoms with Crippen LogP contribution >= 0.6 is 11.6 Å². The molecule has 1 aliphatic rings. The first-order valence-electron chi connectivity index (χ1n) is 10.2. The number of likely N-dealkylation sites (tertiary alicyclic amines) is 1. The van der Waals surface area contributed by atoms with Crippen LogP contribution in [-0.4, -0.2) is 50.3 Å². The number of nitrogens with two attached hydrogens (primary N) is 1. The van der Waals surface area contributed by atoms with E-state index in [0.717, 1.165) is 24.2 Å². The summed E-state index contributed by atoms with van der Waals surface area (Å²) in [6.07, 6.45) is 5.72. The number of carbonyl (C=O) groups is 1. The lowest BCUT2D eigenvalue weighted by Gasteiger charge is -2.25. The molecule has 0 spiro atoms. The van der Waals surface area contributed by atoms with Crippen LogP contribution < -0.4 is 15.2 Å². The summed E-state index contributed by atoms with van der Waals surface area (Å²) in [6, 6.07) is 10.7. The van der Waals surface area contributed by atoms with E-state index in [0.29, 0.717) is 22.1 Å². The molecule has 0 aromatic heterocycles. The van der Waals surface area contributed by atoms with Crippen LogP contribution in [0, 0.1) is 0 Å². The number of hydrogen-bond acceptors (Lipinski definition) is 5. The highest BCUT2D eigenvalue weighted by atomic mass is 35.5. The molecule has 1 saturated heterocycles. The zero-order valence-electron chi connectivity index (χ0n) is 17.3. The largest absolute Gasteiger partial charge is 0.493 e. The van der Waals surface area contributed by atoms with Gasteiger partial charge in [0.1, 0.15) is 6.61 Å². The molecule has 2 aromatic rings. The van der Waals surface area contributed by atoms with Gasteiger partial charge in [0.25, 0.3) is 0 Å². The van der Waals surface area contributed by atoms with E-state index in [1.165, 1.54) is 32.4 Å². The van der Waals surface area contributed by atoms with Gasteiger partial charge in [0, 0.05) is 18.3 Å². The van der Waals surface area contributed by atoms with Crippen molar-refractivity contribution in [1.29, 1.82) is 0 Å². The highest BCUT2D eigenvalue weighted by molar-refractivity contribution is 6.32. The van der Waals surface area contributed by atoms with Crippen molar-refractivity contribution in [3.8, 4) is 11.5 Å². The number of piperidine rings is 1. The lowest BCUT2D eigenvalue weighted by Crippen LogP contribution is -2.31. The van der Waals surface area contributed by atoms with Gasteiger partial charge >= 0.3 is 0 Å². The first-order chi connectivity index (χ1) is 14.6. The van der Waals surface area contributed by atoms with E-state index in [4.69, 9.17) is 26.8 Å². The van der Waals surface area contributed by atoms with E-state index >= 15 is 0 Å². The molecule has 1 fully saturated rings. The van der Waals surface area contributed by atoms with Gasteiger partial charge in [-0.3, -0.25) is 9.79 Å². The van der Waals surface area contributed by atoms with Crippen LogP contribution in [0.2, 0.25) is 5.02 Å². The molecule has 0 saturated carbocycles. The van der Waals surface area contributed by atoms with Gasteiger partial charge in [-0.1, -0.05) is 30.2 Å². The average molecular weight is 430 g/mol. The number of benzene rings is 2. The Bertz CT molecular complexity index is 895.